The van der Waals surface area contributed by atoms with Crippen LogP contribution in [0.2, 0.25) is 0 Å². The molecule has 1 saturated heterocycles. The van der Waals surface area contributed by atoms with E-state index in [9.17, 15) is 4.79 Å². The van der Waals surface area contributed by atoms with Crippen LogP contribution in [0.5, 0.6) is 0 Å². The van der Waals surface area contributed by atoms with Crippen molar-refractivity contribution in [2.75, 3.05) is 44.7 Å². The van der Waals surface area contributed by atoms with Crippen molar-refractivity contribution in [3.63, 3.8) is 0 Å². The number of aliphatic imine (C=N–C) groups is 1. The van der Waals surface area contributed by atoms with E-state index < -0.39 is 0 Å². The zero-order chi connectivity index (χ0) is 17.6. The first kappa shape index (κ1) is 17.4. The number of piperazine rings is 1. The number of nitrogens with one attached hydrogen (secondary N) is 2. The van der Waals surface area contributed by atoms with Crippen molar-refractivity contribution in [3.05, 3.63) is 18.5 Å². The molecule has 136 valence electrons. The van der Waals surface area contributed by atoms with Crippen molar-refractivity contribution in [1.82, 2.24) is 25.5 Å². The van der Waals surface area contributed by atoms with Crippen molar-refractivity contribution in [2.45, 2.75) is 25.8 Å². The van der Waals surface area contributed by atoms with Crippen molar-refractivity contribution in [1.29, 1.82) is 0 Å². The van der Waals surface area contributed by atoms with Gasteiger partial charge in [-0.25, -0.2) is 9.97 Å². The average Bonchev–Trinajstić information content (AvgIpc) is 3.36. The SMILES string of the molecule is CN=C(NCCC(=O)N1CCN(c2ncccn2)CC1)NC1CC1C. The van der Waals surface area contributed by atoms with Gasteiger partial charge in [0.05, 0.1) is 0 Å². The second kappa shape index (κ2) is 8.13. The third-order valence-corrected chi connectivity index (χ3v) is 4.75. The van der Waals surface area contributed by atoms with Gasteiger partial charge in [-0.3, -0.25) is 9.79 Å². The Kier molecular flexibility index (Phi) is 5.67. The predicted octanol–water partition coefficient (Wildman–Crippen LogP) is 0.0887. The summed E-state index contributed by atoms with van der Waals surface area (Å²) in [6.45, 7) is 5.78. The Morgan fingerprint density at radius 3 is 2.56 bits per heavy atom. The fraction of sp³-hybridized carbons (Fsp3) is 0.647. The molecule has 1 amide bonds. The standard InChI is InChI=1S/C17H27N7O/c1-13-12-14(13)22-16(18-2)19-7-4-15(25)23-8-10-24(11-9-23)17-20-5-3-6-21-17/h3,5-6,13-14H,4,7-12H2,1-2H3,(H2,18,19,22). The van der Waals surface area contributed by atoms with Crippen LogP contribution in [0.4, 0.5) is 5.95 Å². The van der Waals surface area contributed by atoms with Crippen LogP contribution in [-0.4, -0.2) is 72.5 Å². The zero-order valence-corrected chi connectivity index (χ0v) is 15.0. The van der Waals surface area contributed by atoms with E-state index in [1.807, 2.05) is 11.0 Å². The minimum Gasteiger partial charge on any atom is -0.356 e. The zero-order valence-electron chi connectivity index (χ0n) is 15.0. The van der Waals surface area contributed by atoms with E-state index in [-0.39, 0.29) is 5.91 Å². The van der Waals surface area contributed by atoms with Crippen LogP contribution in [0.1, 0.15) is 19.8 Å². The number of hydrogen-bond donors (Lipinski definition) is 2. The first-order valence-electron chi connectivity index (χ1n) is 8.94. The van der Waals surface area contributed by atoms with E-state index >= 15 is 0 Å². The van der Waals surface area contributed by atoms with E-state index in [2.05, 4.69) is 37.4 Å². The van der Waals surface area contributed by atoms with E-state index in [4.69, 9.17) is 0 Å². The Morgan fingerprint density at radius 2 is 1.96 bits per heavy atom. The van der Waals surface area contributed by atoms with Crippen LogP contribution in [-0.2, 0) is 4.79 Å². The minimum atomic E-state index is 0.177. The number of guanidine groups is 1. The van der Waals surface area contributed by atoms with Gasteiger partial charge in [-0.15, -0.1) is 0 Å². The van der Waals surface area contributed by atoms with Gasteiger partial charge in [0.1, 0.15) is 0 Å². The van der Waals surface area contributed by atoms with Crippen LogP contribution in [0.3, 0.4) is 0 Å². The molecule has 1 aliphatic heterocycles. The number of amides is 1. The Bertz CT molecular complexity index is 598. The van der Waals surface area contributed by atoms with Crippen LogP contribution in [0.25, 0.3) is 0 Å². The molecule has 1 saturated carbocycles. The Balaban J connectivity index is 1.36. The smallest absolute Gasteiger partial charge is 0.225 e. The van der Waals surface area contributed by atoms with Gasteiger partial charge >= 0.3 is 0 Å². The molecule has 0 spiro atoms. The highest BCUT2D eigenvalue weighted by Gasteiger charge is 2.33. The number of hydrogen-bond acceptors (Lipinski definition) is 5. The van der Waals surface area contributed by atoms with Crippen LogP contribution in [0, 0.1) is 5.92 Å². The van der Waals surface area contributed by atoms with Gasteiger partial charge in [-0.1, -0.05) is 6.92 Å². The lowest BCUT2D eigenvalue weighted by molar-refractivity contribution is -0.131. The Labute approximate surface area is 148 Å². The topological polar surface area (TPSA) is 85.8 Å². The average molecular weight is 345 g/mol. The third kappa shape index (κ3) is 4.80. The fourth-order valence-electron chi connectivity index (χ4n) is 2.95. The summed E-state index contributed by atoms with van der Waals surface area (Å²) in [6, 6.07) is 2.33. The first-order valence-corrected chi connectivity index (χ1v) is 8.94. The molecule has 0 bridgehead atoms. The van der Waals surface area contributed by atoms with Gasteiger partial charge in [0.15, 0.2) is 5.96 Å². The third-order valence-electron chi connectivity index (χ3n) is 4.75. The molecule has 2 unspecified atom stereocenters. The molecular weight excluding hydrogens is 318 g/mol. The molecule has 3 rings (SSSR count). The van der Waals surface area contributed by atoms with E-state index in [0.29, 0.717) is 38.0 Å². The summed E-state index contributed by atoms with van der Waals surface area (Å²) >= 11 is 0. The number of anilines is 1. The van der Waals surface area contributed by atoms with Gasteiger partial charge in [0.25, 0.3) is 0 Å². The number of carbonyl (C=O) groups is 1. The van der Waals surface area contributed by atoms with Gasteiger partial charge in [0.2, 0.25) is 11.9 Å². The summed E-state index contributed by atoms with van der Waals surface area (Å²) in [4.78, 5) is 29.1. The monoisotopic (exact) mass is 345 g/mol. The highest BCUT2D eigenvalue weighted by atomic mass is 16.2. The summed E-state index contributed by atoms with van der Waals surface area (Å²) in [7, 11) is 1.76. The molecule has 25 heavy (non-hydrogen) atoms. The van der Waals surface area contributed by atoms with Crippen LogP contribution < -0.4 is 15.5 Å². The molecule has 1 aromatic rings. The maximum atomic E-state index is 12.4. The summed E-state index contributed by atoms with van der Waals surface area (Å²) in [5.41, 5.74) is 0. The maximum Gasteiger partial charge on any atom is 0.225 e. The molecular formula is C17H27N7O. The lowest BCUT2D eigenvalue weighted by Crippen LogP contribution is -2.50. The molecule has 2 atom stereocenters. The van der Waals surface area contributed by atoms with Crippen molar-refractivity contribution in [3.8, 4) is 0 Å². The molecule has 1 aliphatic carbocycles. The number of carbonyl (C=O) groups excluding carboxylic acids is 1. The minimum absolute atomic E-state index is 0.177. The summed E-state index contributed by atoms with van der Waals surface area (Å²) in [6.07, 6.45) is 5.15. The van der Waals surface area contributed by atoms with Crippen molar-refractivity contribution >= 4 is 17.8 Å². The molecule has 2 aliphatic rings. The molecule has 1 aromatic heterocycles. The van der Waals surface area contributed by atoms with E-state index in [1.54, 1.807) is 19.4 Å². The highest BCUT2D eigenvalue weighted by molar-refractivity contribution is 5.81. The Morgan fingerprint density at radius 1 is 1.28 bits per heavy atom. The quantitative estimate of drug-likeness (QED) is 0.581. The second-order valence-electron chi connectivity index (χ2n) is 6.63. The second-order valence-corrected chi connectivity index (χ2v) is 6.63. The van der Waals surface area contributed by atoms with E-state index in [1.165, 1.54) is 6.42 Å². The highest BCUT2D eigenvalue weighted by Crippen LogP contribution is 2.28. The van der Waals surface area contributed by atoms with Gasteiger partial charge in [0, 0.05) is 64.6 Å². The van der Waals surface area contributed by atoms with Gasteiger partial charge in [-0.05, 0) is 18.4 Å². The first-order chi connectivity index (χ1) is 12.2. The number of nitrogens with zero attached hydrogens (tertiary/aromatic N) is 5. The van der Waals surface area contributed by atoms with Gasteiger partial charge in [-0.2, -0.15) is 0 Å². The lowest BCUT2D eigenvalue weighted by Gasteiger charge is -2.34. The summed E-state index contributed by atoms with van der Waals surface area (Å²) in [5, 5.41) is 6.59. The predicted molar refractivity (Wildman–Crippen MR) is 97.5 cm³/mol. The van der Waals surface area contributed by atoms with Crippen molar-refractivity contribution < 1.29 is 4.79 Å². The van der Waals surface area contributed by atoms with E-state index in [0.717, 1.165) is 25.0 Å². The normalized spacial score (nSPS) is 23.4. The molecule has 8 nitrogen and oxygen atoms in total. The number of rotatable bonds is 5. The van der Waals surface area contributed by atoms with Crippen molar-refractivity contribution in [2.24, 2.45) is 10.9 Å². The summed E-state index contributed by atoms with van der Waals surface area (Å²) < 4.78 is 0. The molecule has 2 fully saturated rings. The maximum absolute atomic E-state index is 12.4. The molecule has 2 heterocycles. The van der Waals surface area contributed by atoms with Gasteiger partial charge < -0.3 is 20.4 Å². The summed E-state index contributed by atoms with van der Waals surface area (Å²) in [5.74, 6) is 2.41. The molecule has 8 heteroatoms. The molecule has 2 N–H and O–H groups in total. The fourth-order valence-corrected chi connectivity index (χ4v) is 2.95. The largest absolute Gasteiger partial charge is 0.356 e. The van der Waals surface area contributed by atoms with Crippen LogP contribution in [0.15, 0.2) is 23.5 Å². The molecule has 0 radical (unpaired) electrons. The Hall–Kier alpha value is -2.38. The molecule has 0 aromatic carbocycles. The lowest BCUT2D eigenvalue weighted by atomic mass is 10.3. The number of aromatic nitrogens is 2. The van der Waals surface area contributed by atoms with Crippen LogP contribution >= 0.6 is 0 Å².